The third-order valence-corrected chi connectivity index (χ3v) is 6.47. The zero-order valence-electron chi connectivity index (χ0n) is 15.9. The molecule has 0 saturated carbocycles. The average molecular weight is 496 g/mol. The number of nitrogens with one attached hydrogen (secondary N) is 2. The van der Waals surface area contributed by atoms with Gasteiger partial charge in [-0.15, -0.1) is 11.3 Å². The Labute approximate surface area is 186 Å². The summed E-state index contributed by atoms with van der Waals surface area (Å²) in [6.07, 6.45) is 0.945. The number of benzene rings is 2. The minimum Gasteiger partial charge on any atom is -0.492 e. The molecule has 0 fully saturated rings. The Morgan fingerprint density at radius 1 is 1.14 bits per heavy atom. The average Bonchev–Trinajstić information content (AvgIpc) is 3.04. The fourth-order valence-corrected chi connectivity index (χ4v) is 4.47. The monoisotopic (exact) mass is 494 g/mol. The highest BCUT2D eigenvalue weighted by molar-refractivity contribution is 9.10. The van der Waals surface area contributed by atoms with Crippen LogP contribution in [0.3, 0.4) is 0 Å². The van der Waals surface area contributed by atoms with E-state index in [2.05, 4.69) is 40.6 Å². The van der Waals surface area contributed by atoms with Crippen molar-refractivity contribution in [3.05, 3.63) is 62.4 Å². The summed E-state index contributed by atoms with van der Waals surface area (Å²) in [7, 11) is 0. The van der Waals surface area contributed by atoms with Crippen LogP contribution >= 0.6 is 38.9 Å². The number of hydrazine groups is 1. The number of hydrogen-bond acceptors (Lipinski definition) is 4. The highest BCUT2D eigenvalue weighted by atomic mass is 79.9. The van der Waals surface area contributed by atoms with Gasteiger partial charge in [0, 0.05) is 15.6 Å². The molecular formula is C21H20BrClN2O3S. The third-order valence-electron chi connectivity index (χ3n) is 4.18. The molecule has 1 aromatic heterocycles. The molecular weight excluding hydrogens is 476 g/mol. The van der Waals surface area contributed by atoms with E-state index >= 15 is 0 Å². The quantitative estimate of drug-likeness (QED) is 0.424. The molecule has 0 spiro atoms. The van der Waals surface area contributed by atoms with E-state index in [1.807, 2.05) is 24.3 Å². The maximum absolute atomic E-state index is 12.4. The van der Waals surface area contributed by atoms with Crippen LogP contribution in [0.25, 0.3) is 10.1 Å². The summed E-state index contributed by atoms with van der Waals surface area (Å²) in [6.45, 7) is 4.87. The molecule has 2 aromatic carbocycles. The van der Waals surface area contributed by atoms with Gasteiger partial charge in [0.2, 0.25) is 0 Å². The third kappa shape index (κ3) is 5.29. The van der Waals surface area contributed by atoms with Gasteiger partial charge in [0.15, 0.2) is 0 Å². The first-order chi connectivity index (χ1) is 13.9. The van der Waals surface area contributed by atoms with Crippen molar-refractivity contribution in [3.63, 3.8) is 0 Å². The lowest BCUT2D eigenvalue weighted by Gasteiger charge is -2.11. The van der Waals surface area contributed by atoms with Gasteiger partial charge in [-0.3, -0.25) is 20.4 Å². The number of hydrogen-bond donors (Lipinski definition) is 2. The summed E-state index contributed by atoms with van der Waals surface area (Å²) >= 11 is 11.0. The lowest BCUT2D eigenvalue weighted by Crippen LogP contribution is -2.41. The molecule has 29 heavy (non-hydrogen) atoms. The van der Waals surface area contributed by atoms with Crippen molar-refractivity contribution in [1.82, 2.24) is 10.9 Å². The normalized spacial score (nSPS) is 10.9. The Balaban J connectivity index is 1.62. The van der Waals surface area contributed by atoms with Crippen molar-refractivity contribution in [1.29, 1.82) is 0 Å². The van der Waals surface area contributed by atoms with Crippen LogP contribution < -0.4 is 15.6 Å². The maximum atomic E-state index is 12.4. The van der Waals surface area contributed by atoms with Gasteiger partial charge >= 0.3 is 0 Å². The van der Waals surface area contributed by atoms with E-state index < -0.39 is 11.8 Å². The van der Waals surface area contributed by atoms with Crippen LogP contribution in [0, 0.1) is 5.92 Å². The van der Waals surface area contributed by atoms with Gasteiger partial charge in [-0.25, -0.2) is 0 Å². The molecule has 0 radical (unpaired) electrons. The molecule has 3 aromatic rings. The summed E-state index contributed by atoms with van der Waals surface area (Å²) in [5.41, 5.74) is 5.23. The van der Waals surface area contributed by atoms with E-state index in [-0.39, 0.29) is 0 Å². The lowest BCUT2D eigenvalue weighted by atomic mass is 10.1. The van der Waals surface area contributed by atoms with Crippen LogP contribution in [0.1, 0.15) is 40.3 Å². The van der Waals surface area contributed by atoms with Crippen molar-refractivity contribution in [2.24, 2.45) is 5.92 Å². The Morgan fingerprint density at radius 2 is 1.86 bits per heavy atom. The first kappa shape index (κ1) is 21.6. The molecule has 0 aliphatic heterocycles. The van der Waals surface area contributed by atoms with Gasteiger partial charge in [-0.05, 0) is 52.5 Å². The van der Waals surface area contributed by atoms with Crippen LogP contribution in [0.5, 0.6) is 5.75 Å². The number of thiophene rings is 1. The Kier molecular flexibility index (Phi) is 7.16. The fraction of sp³-hybridized carbons (Fsp3) is 0.238. The highest BCUT2D eigenvalue weighted by Gasteiger charge is 2.18. The summed E-state index contributed by atoms with van der Waals surface area (Å²) in [5, 5.41) is 1.19. The molecule has 2 amide bonds. The topological polar surface area (TPSA) is 67.4 Å². The molecule has 8 heteroatoms. The minimum atomic E-state index is -0.461. The van der Waals surface area contributed by atoms with Crippen molar-refractivity contribution < 1.29 is 14.3 Å². The predicted octanol–water partition coefficient (Wildman–Crippen LogP) is 5.82. The number of carbonyl (C=O) groups is 2. The van der Waals surface area contributed by atoms with Crippen molar-refractivity contribution in [2.75, 3.05) is 6.61 Å². The second-order valence-corrected chi connectivity index (χ2v) is 9.11. The Morgan fingerprint density at radius 3 is 2.55 bits per heavy atom. The van der Waals surface area contributed by atoms with Crippen LogP contribution in [0.15, 0.2) is 46.9 Å². The van der Waals surface area contributed by atoms with E-state index in [4.69, 9.17) is 16.3 Å². The number of halogens is 2. The van der Waals surface area contributed by atoms with E-state index in [1.165, 1.54) is 11.3 Å². The standard InChI is InChI=1S/C21H20BrClN2O3S/c1-12(2)9-10-28-16-8-7-13(11-15(16)22)20(26)24-25-21(27)19-18(23)14-5-3-4-6-17(14)29-19/h3-8,11-12H,9-10H2,1-2H3,(H,24,26)(H,25,27). The predicted molar refractivity (Wildman–Crippen MR) is 121 cm³/mol. The number of rotatable bonds is 6. The zero-order chi connectivity index (χ0) is 21.0. The zero-order valence-corrected chi connectivity index (χ0v) is 19.1. The minimum absolute atomic E-state index is 0.350. The molecule has 1 heterocycles. The number of carbonyl (C=O) groups excluding carboxylic acids is 2. The van der Waals surface area contributed by atoms with Gasteiger partial charge in [-0.1, -0.05) is 43.6 Å². The molecule has 0 aliphatic carbocycles. The van der Waals surface area contributed by atoms with Crippen LogP contribution in [-0.2, 0) is 0 Å². The van der Waals surface area contributed by atoms with E-state index in [9.17, 15) is 9.59 Å². The molecule has 3 rings (SSSR count). The first-order valence-electron chi connectivity index (χ1n) is 9.07. The van der Waals surface area contributed by atoms with Gasteiger partial charge in [0.05, 0.1) is 16.1 Å². The van der Waals surface area contributed by atoms with E-state index in [0.29, 0.717) is 38.2 Å². The Hall–Kier alpha value is -2.09. The second kappa shape index (κ2) is 9.61. The highest BCUT2D eigenvalue weighted by Crippen LogP contribution is 2.34. The first-order valence-corrected chi connectivity index (χ1v) is 11.1. The van der Waals surface area contributed by atoms with Gasteiger partial charge < -0.3 is 4.74 Å². The summed E-state index contributed by atoms with van der Waals surface area (Å²) in [6, 6.07) is 12.5. The van der Waals surface area contributed by atoms with Gasteiger partial charge in [-0.2, -0.15) is 0 Å². The molecule has 0 saturated heterocycles. The van der Waals surface area contributed by atoms with Crippen molar-refractivity contribution in [2.45, 2.75) is 20.3 Å². The molecule has 2 N–H and O–H groups in total. The summed E-state index contributed by atoms with van der Waals surface area (Å²) < 4.78 is 7.30. The molecule has 0 aliphatic rings. The van der Waals surface area contributed by atoms with E-state index in [1.54, 1.807) is 18.2 Å². The fourth-order valence-electron chi connectivity index (χ4n) is 2.57. The van der Waals surface area contributed by atoms with Crippen molar-refractivity contribution in [3.8, 4) is 5.75 Å². The molecule has 0 unspecified atom stereocenters. The van der Waals surface area contributed by atoms with Crippen LogP contribution in [-0.4, -0.2) is 18.4 Å². The number of fused-ring (bicyclic) bond motifs is 1. The van der Waals surface area contributed by atoms with Gasteiger partial charge in [0.25, 0.3) is 11.8 Å². The number of ether oxygens (including phenoxy) is 1. The Bertz CT molecular complexity index is 1050. The summed E-state index contributed by atoms with van der Waals surface area (Å²) in [5.74, 6) is 0.322. The lowest BCUT2D eigenvalue weighted by molar-refractivity contribution is 0.0849. The molecule has 0 atom stereocenters. The molecule has 5 nitrogen and oxygen atoms in total. The maximum Gasteiger partial charge on any atom is 0.281 e. The van der Waals surface area contributed by atoms with Crippen molar-refractivity contribution >= 4 is 60.8 Å². The van der Waals surface area contributed by atoms with Crippen LogP contribution in [0.4, 0.5) is 0 Å². The SMILES string of the molecule is CC(C)CCOc1ccc(C(=O)NNC(=O)c2sc3ccccc3c2Cl)cc1Br. The van der Waals surface area contributed by atoms with Crippen LogP contribution in [0.2, 0.25) is 5.02 Å². The number of amides is 2. The largest absolute Gasteiger partial charge is 0.492 e. The van der Waals surface area contributed by atoms with E-state index in [0.717, 1.165) is 16.5 Å². The smallest absolute Gasteiger partial charge is 0.281 e. The second-order valence-electron chi connectivity index (χ2n) is 6.83. The molecule has 0 bridgehead atoms. The summed E-state index contributed by atoms with van der Waals surface area (Å²) in [4.78, 5) is 25.2. The van der Waals surface area contributed by atoms with Gasteiger partial charge in [0.1, 0.15) is 10.6 Å². The molecule has 152 valence electrons.